The molecule has 20 heavy (non-hydrogen) atoms. The van der Waals surface area contributed by atoms with Gasteiger partial charge in [-0.05, 0) is 37.8 Å². The standard InChI is InChI=1S/C15H19N3O2/c1-3-20-14(19)7-8-18(2)15-12(10-16)9-11-5-4-6-13(11)17-15/h9H,3-8H2,1-2H3. The number of carbonyl (C=O) groups is 1. The summed E-state index contributed by atoms with van der Waals surface area (Å²) in [5.41, 5.74) is 2.85. The minimum Gasteiger partial charge on any atom is -0.466 e. The van der Waals surface area contributed by atoms with E-state index in [9.17, 15) is 10.1 Å². The number of anilines is 1. The molecule has 0 radical (unpaired) electrons. The minimum absolute atomic E-state index is 0.223. The maximum absolute atomic E-state index is 11.4. The van der Waals surface area contributed by atoms with Crippen LogP contribution in [0.25, 0.3) is 0 Å². The number of nitrogens with zero attached hydrogens (tertiary/aromatic N) is 3. The number of pyridine rings is 1. The normalized spacial score (nSPS) is 12.7. The summed E-state index contributed by atoms with van der Waals surface area (Å²) in [7, 11) is 1.85. The van der Waals surface area contributed by atoms with E-state index in [4.69, 9.17) is 4.74 Å². The zero-order valence-corrected chi connectivity index (χ0v) is 12.0. The van der Waals surface area contributed by atoms with Crippen molar-refractivity contribution in [1.29, 1.82) is 5.26 Å². The fourth-order valence-corrected chi connectivity index (χ4v) is 2.43. The van der Waals surface area contributed by atoms with Gasteiger partial charge in [0.25, 0.3) is 0 Å². The second kappa shape index (κ2) is 6.38. The van der Waals surface area contributed by atoms with Crippen LogP contribution in [-0.4, -0.2) is 31.2 Å². The number of ether oxygens (including phenoxy) is 1. The highest BCUT2D eigenvalue weighted by Crippen LogP contribution is 2.26. The summed E-state index contributed by atoms with van der Waals surface area (Å²) in [6.45, 7) is 2.68. The lowest BCUT2D eigenvalue weighted by Gasteiger charge is -2.19. The maximum Gasteiger partial charge on any atom is 0.307 e. The molecule has 0 aliphatic heterocycles. The Kier molecular flexibility index (Phi) is 4.57. The Morgan fingerprint density at radius 1 is 1.55 bits per heavy atom. The number of nitriles is 1. The Bertz CT molecular complexity index is 549. The predicted molar refractivity (Wildman–Crippen MR) is 75.5 cm³/mol. The van der Waals surface area contributed by atoms with Crippen LogP contribution in [0.1, 0.15) is 36.6 Å². The zero-order chi connectivity index (χ0) is 14.5. The van der Waals surface area contributed by atoms with Crippen LogP contribution in [0, 0.1) is 11.3 Å². The molecule has 1 aromatic heterocycles. The van der Waals surface area contributed by atoms with Crippen LogP contribution < -0.4 is 4.90 Å². The Hall–Kier alpha value is -2.09. The van der Waals surface area contributed by atoms with Crippen molar-refractivity contribution in [3.63, 3.8) is 0 Å². The molecule has 0 N–H and O–H groups in total. The van der Waals surface area contributed by atoms with Crippen molar-refractivity contribution in [1.82, 2.24) is 4.98 Å². The lowest BCUT2D eigenvalue weighted by molar-refractivity contribution is -0.142. The number of aromatic nitrogens is 1. The van der Waals surface area contributed by atoms with Crippen LogP contribution in [0.2, 0.25) is 0 Å². The molecule has 1 aliphatic carbocycles. The summed E-state index contributed by atoms with van der Waals surface area (Å²) in [5, 5.41) is 9.25. The van der Waals surface area contributed by atoms with Crippen molar-refractivity contribution in [3.05, 3.63) is 22.9 Å². The van der Waals surface area contributed by atoms with Crippen molar-refractivity contribution in [2.24, 2.45) is 0 Å². The number of hydrogen-bond donors (Lipinski definition) is 0. The van der Waals surface area contributed by atoms with Gasteiger partial charge in [-0.1, -0.05) is 0 Å². The Morgan fingerprint density at radius 2 is 2.35 bits per heavy atom. The average molecular weight is 273 g/mol. The van der Waals surface area contributed by atoms with Crippen LogP contribution in [0.15, 0.2) is 6.07 Å². The summed E-state index contributed by atoms with van der Waals surface area (Å²) in [6.07, 6.45) is 3.38. The van der Waals surface area contributed by atoms with Gasteiger partial charge in [-0.2, -0.15) is 5.26 Å². The first-order chi connectivity index (χ1) is 9.65. The molecule has 0 unspecified atom stereocenters. The van der Waals surface area contributed by atoms with Crippen molar-refractivity contribution in [2.45, 2.75) is 32.6 Å². The lowest BCUT2D eigenvalue weighted by atomic mass is 10.1. The lowest BCUT2D eigenvalue weighted by Crippen LogP contribution is -2.24. The number of hydrogen-bond acceptors (Lipinski definition) is 5. The summed E-state index contributed by atoms with van der Waals surface area (Å²) in [4.78, 5) is 17.8. The fourth-order valence-electron chi connectivity index (χ4n) is 2.43. The smallest absolute Gasteiger partial charge is 0.307 e. The van der Waals surface area contributed by atoms with E-state index in [0.29, 0.717) is 31.0 Å². The fraction of sp³-hybridized carbons (Fsp3) is 0.533. The van der Waals surface area contributed by atoms with Gasteiger partial charge in [0.15, 0.2) is 0 Å². The third-order valence-corrected chi connectivity index (χ3v) is 3.47. The van der Waals surface area contributed by atoms with Crippen molar-refractivity contribution >= 4 is 11.8 Å². The molecule has 0 bridgehead atoms. The first kappa shape index (κ1) is 14.3. The second-order valence-corrected chi connectivity index (χ2v) is 4.91. The Balaban J connectivity index is 2.11. The molecule has 106 valence electrons. The molecule has 1 aromatic rings. The number of aryl methyl sites for hydroxylation is 2. The molecule has 0 spiro atoms. The van der Waals surface area contributed by atoms with Gasteiger partial charge in [0.1, 0.15) is 11.9 Å². The minimum atomic E-state index is -0.223. The van der Waals surface area contributed by atoms with E-state index in [0.717, 1.165) is 25.0 Å². The van der Waals surface area contributed by atoms with Gasteiger partial charge in [0.05, 0.1) is 18.6 Å². The van der Waals surface area contributed by atoms with Gasteiger partial charge in [-0.25, -0.2) is 4.98 Å². The van der Waals surface area contributed by atoms with Gasteiger partial charge in [0.2, 0.25) is 0 Å². The Morgan fingerprint density at radius 3 is 3.05 bits per heavy atom. The molecule has 5 nitrogen and oxygen atoms in total. The van der Waals surface area contributed by atoms with Crippen molar-refractivity contribution in [2.75, 3.05) is 25.1 Å². The summed E-state index contributed by atoms with van der Waals surface area (Å²) >= 11 is 0. The third kappa shape index (κ3) is 3.08. The third-order valence-electron chi connectivity index (χ3n) is 3.47. The van der Waals surface area contributed by atoms with E-state index in [1.165, 1.54) is 5.56 Å². The summed E-state index contributed by atoms with van der Waals surface area (Å²) < 4.78 is 4.91. The second-order valence-electron chi connectivity index (χ2n) is 4.91. The van der Waals surface area contributed by atoms with E-state index in [2.05, 4.69) is 11.1 Å². The largest absolute Gasteiger partial charge is 0.466 e. The molecule has 2 rings (SSSR count). The molecule has 0 saturated carbocycles. The monoisotopic (exact) mass is 273 g/mol. The van der Waals surface area contributed by atoms with Gasteiger partial charge in [-0.15, -0.1) is 0 Å². The molecule has 5 heteroatoms. The molecule has 1 heterocycles. The zero-order valence-electron chi connectivity index (χ0n) is 12.0. The average Bonchev–Trinajstić information content (AvgIpc) is 2.90. The summed E-state index contributed by atoms with van der Waals surface area (Å²) in [5.74, 6) is 0.441. The number of carbonyl (C=O) groups excluding carboxylic acids is 1. The first-order valence-electron chi connectivity index (χ1n) is 6.95. The van der Waals surface area contributed by atoms with Gasteiger partial charge < -0.3 is 9.64 Å². The molecule has 0 amide bonds. The maximum atomic E-state index is 11.4. The molecular formula is C15H19N3O2. The first-order valence-corrected chi connectivity index (χ1v) is 6.95. The van der Waals surface area contributed by atoms with E-state index in [1.54, 1.807) is 6.92 Å². The van der Waals surface area contributed by atoms with E-state index in [1.807, 2.05) is 18.0 Å². The van der Waals surface area contributed by atoms with Crippen LogP contribution >= 0.6 is 0 Å². The van der Waals surface area contributed by atoms with Gasteiger partial charge in [0, 0.05) is 19.3 Å². The summed E-state index contributed by atoms with van der Waals surface area (Å²) in [6, 6.07) is 4.13. The number of fused-ring (bicyclic) bond motifs is 1. The van der Waals surface area contributed by atoms with Crippen LogP contribution in [-0.2, 0) is 22.4 Å². The van der Waals surface area contributed by atoms with E-state index < -0.39 is 0 Å². The van der Waals surface area contributed by atoms with Crippen molar-refractivity contribution in [3.8, 4) is 6.07 Å². The topological polar surface area (TPSA) is 66.2 Å². The van der Waals surface area contributed by atoms with Gasteiger partial charge >= 0.3 is 5.97 Å². The van der Waals surface area contributed by atoms with E-state index in [-0.39, 0.29) is 5.97 Å². The highest BCUT2D eigenvalue weighted by Gasteiger charge is 2.18. The molecule has 0 atom stereocenters. The SMILES string of the molecule is CCOC(=O)CCN(C)c1nc2c(cc1C#N)CCC2. The van der Waals surface area contributed by atoms with E-state index >= 15 is 0 Å². The highest BCUT2D eigenvalue weighted by atomic mass is 16.5. The predicted octanol–water partition coefficient (Wildman–Crippen LogP) is 1.83. The van der Waals surface area contributed by atoms with Crippen LogP contribution in [0.3, 0.4) is 0 Å². The Labute approximate surface area is 119 Å². The number of rotatable bonds is 5. The molecule has 0 saturated heterocycles. The molecular weight excluding hydrogens is 254 g/mol. The molecule has 0 aromatic carbocycles. The number of esters is 1. The quantitative estimate of drug-likeness (QED) is 0.766. The van der Waals surface area contributed by atoms with Gasteiger partial charge in [-0.3, -0.25) is 4.79 Å². The van der Waals surface area contributed by atoms with Crippen LogP contribution in [0.4, 0.5) is 5.82 Å². The molecule has 1 aliphatic rings. The van der Waals surface area contributed by atoms with Crippen molar-refractivity contribution < 1.29 is 9.53 Å². The van der Waals surface area contributed by atoms with Crippen LogP contribution in [0.5, 0.6) is 0 Å². The molecule has 0 fully saturated rings. The highest BCUT2D eigenvalue weighted by molar-refractivity contribution is 5.70.